The summed E-state index contributed by atoms with van der Waals surface area (Å²) in [4.78, 5) is 37.8. The van der Waals surface area contributed by atoms with Crippen LogP contribution in [-0.2, 0) is 14.3 Å². The second kappa shape index (κ2) is 19.1. The van der Waals surface area contributed by atoms with Crippen molar-refractivity contribution in [3.8, 4) is 0 Å². The van der Waals surface area contributed by atoms with E-state index in [2.05, 4.69) is 17.2 Å². The minimum absolute atomic E-state index is 0.0163. The number of aliphatic hydroxyl groups excluding tert-OH is 2. The standard InChI is InChI=1S/C28H49N3O7/c1-2-3-4-5-6-7-8-9-10-11-12-13-14-15-18-29-23(33)17-20-37-26-25(35)22(21-32)38-27(26)31-19-16-24(34)30-28(31)36/h16,19,22,25-27,32,35H,2-15,17-18,20-21H2,1H3,(H,29,33)(H,30,34,36)/t22-,25-,26-,27-/m1/s1. The van der Waals surface area contributed by atoms with Gasteiger partial charge in [0.25, 0.3) is 5.56 Å². The van der Waals surface area contributed by atoms with Crippen molar-refractivity contribution in [2.45, 2.75) is 128 Å². The Morgan fingerprint density at radius 1 is 1.00 bits per heavy atom. The van der Waals surface area contributed by atoms with Gasteiger partial charge in [0.1, 0.15) is 18.3 Å². The number of unbranched alkanes of at least 4 members (excludes halogenated alkanes) is 13. The van der Waals surface area contributed by atoms with Crippen molar-refractivity contribution in [3.05, 3.63) is 33.1 Å². The molecule has 0 bridgehead atoms. The zero-order chi connectivity index (χ0) is 27.6. The van der Waals surface area contributed by atoms with Crippen LogP contribution in [-0.4, -0.2) is 63.7 Å². The van der Waals surface area contributed by atoms with Crippen LogP contribution in [0.2, 0.25) is 0 Å². The van der Waals surface area contributed by atoms with Gasteiger partial charge < -0.3 is 25.0 Å². The number of hydrogen-bond donors (Lipinski definition) is 4. The molecule has 0 radical (unpaired) electrons. The first kappa shape index (κ1) is 32.2. The van der Waals surface area contributed by atoms with Gasteiger partial charge in [0.15, 0.2) is 6.23 Å². The first-order chi connectivity index (χ1) is 18.5. The number of aliphatic hydroxyl groups is 2. The Bertz CT molecular complexity index is 888. The minimum Gasteiger partial charge on any atom is -0.394 e. The normalized spacial score (nSPS) is 21.1. The first-order valence-electron chi connectivity index (χ1n) is 14.6. The van der Waals surface area contributed by atoms with Crippen LogP contribution in [0.4, 0.5) is 0 Å². The lowest BCUT2D eigenvalue weighted by molar-refractivity contribution is -0.124. The average molecular weight is 540 g/mol. The van der Waals surface area contributed by atoms with Crippen molar-refractivity contribution in [2.75, 3.05) is 19.8 Å². The Labute approximate surface area is 226 Å². The second-order valence-corrected chi connectivity index (χ2v) is 10.3. The molecule has 218 valence electrons. The summed E-state index contributed by atoms with van der Waals surface area (Å²) in [6, 6.07) is 1.16. The van der Waals surface area contributed by atoms with Gasteiger partial charge in [0.05, 0.1) is 13.2 Å². The zero-order valence-corrected chi connectivity index (χ0v) is 23.1. The highest BCUT2D eigenvalue weighted by Gasteiger charge is 2.45. The van der Waals surface area contributed by atoms with Gasteiger partial charge in [0.2, 0.25) is 5.91 Å². The van der Waals surface area contributed by atoms with Crippen LogP contribution in [0.25, 0.3) is 0 Å². The van der Waals surface area contributed by atoms with Crippen LogP contribution in [0.15, 0.2) is 21.9 Å². The van der Waals surface area contributed by atoms with Crippen LogP contribution >= 0.6 is 0 Å². The summed E-state index contributed by atoms with van der Waals surface area (Å²) < 4.78 is 12.4. The van der Waals surface area contributed by atoms with E-state index >= 15 is 0 Å². The molecule has 1 aliphatic heterocycles. The van der Waals surface area contributed by atoms with Gasteiger partial charge in [-0.05, 0) is 6.42 Å². The molecule has 10 heteroatoms. The Hall–Kier alpha value is -2.01. The maximum absolute atomic E-state index is 12.2. The molecular weight excluding hydrogens is 490 g/mol. The molecule has 1 amide bonds. The van der Waals surface area contributed by atoms with Crippen LogP contribution in [0.1, 0.15) is 109 Å². The molecule has 0 spiro atoms. The Balaban J connectivity index is 1.52. The SMILES string of the molecule is CCCCCCCCCCCCCCCCNC(=O)CCO[C@@H]1[C@H](O)[C@@H](CO)O[C@H]1n1ccc(=O)[nH]c1=O. The average Bonchev–Trinajstić information content (AvgIpc) is 3.21. The van der Waals surface area contributed by atoms with Crippen molar-refractivity contribution < 1.29 is 24.5 Å². The highest BCUT2D eigenvalue weighted by Crippen LogP contribution is 2.30. The van der Waals surface area contributed by atoms with Crippen molar-refractivity contribution >= 4 is 5.91 Å². The summed E-state index contributed by atoms with van der Waals surface area (Å²) in [5, 5.41) is 22.8. The molecular formula is C28H49N3O7. The third kappa shape index (κ3) is 11.8. The van der Waals surface area contributed by atoms with Gasteiger partial charge in [-0.2, -0.15) is 0 Å². The Morgan fingerprint density at radius 2 is 1.58 bits per heavy atom. The number of H-pyrrole nitrogens is 1. The van der Waals surface area contributed by atoms with E-state index in [-0.39, 0.29) is 18.9 Å². The van der Waals surface area contributed by atoms with E-state index in [0.717, 1.165) is 23.5 Å². The summed E-state index contributed by atoms with van der Waals surface area (Å²) in [7, 11) is 0. The molecule has 1 aliphatic rings. The predicted octanol–water partition coefficient (Wildman–Crippen LogP) is 3.16. The number of nitrogens with one attached hydrogen (secondary N) is 2. The third-order valence-electron chi connectivity index (χ3n) is 7.11. The quantitative estimate of drug-likeness (QED) is 0.176. The molecule has 1 fully saturated rings. The second-order valence-electron chi connectivity index (χ2n) is 10.3. The van der Waals surface area contributed by atoms with Gasteiger partial charge in [-0.25, -0.2) is 4.79 Å². The molecule has 0 unspecified atom stereocenters. The van der Waals surface area contributed by atoms with E-state index in [4.69, 9.17) is 9.47 Å². The Kier molecular flexibility index (Phi) is 16.2. The fraction of sp³-hybridized carbons (Fsp3) is 0.821. The topological polar surface area (TPSA) is 143 Å². The van der Waals surface area contributed by atoms with Crippen LogP contribution < -0.4 is 16.6 Å². The number of aromatic nitrogens is 2. The van der Waals surface area contributed by atoms with Crippen LogP contribution in [0, 0.1) is 0 Å². The maximum atomic E-state index is 12.2. The van der Waals surface area contributed by atoms with Crippen LogP contribution in [0.5, 0.6) is 0 Å². The van der Waals surface area contributed by atoms with Crippen molar-refractivity contribution in [1.82, 2.24) is 14.9 Å². The third-order valence-corrected chi connectivity index (χ3v) is 7.11. The van der Waals surface area contributed by atoms with E-state index in [0.29, 0.717) is 6.54 Å². The van der Waals surface area contributed by atoms with Gasteiger partial charge in [-0.3, -0.25) is 19.1 Å². The number of rotatable bonds is 21. The molecule has 2 rings (SSSR count). The van der Waals surface area contributed by atoms with Gasteiger partial charge in [-0.15, -0.1) is 0 Å². The fourth-order valence-corrected chi connectivity index (χ4v) is 4.82. The molecule has 10 nitrogen and oxygen atoms in total. The lowest BCUT2D eigenvalue weighted by atomic mass is 10.0. The van der Waals surface area contributed by atoms with E-state index in [1.807, 2.05) is 0 Å². The summed E-state index contributed by atoms with van der Waals surface area (Å²) in [5.41, 5.74) is -1.27. The summed E-state index contributed by atoms with van der Waals surface area (Å²) >= 11 is 0. The molecule has 1 aromatic heterocycles. The highest BCUT2D eigenvalue weighted by molar-refractivity contribution is 5.75. The van der Waals surface area contributed by atoms with Gasteiger partial charge >= 0.3 is 5.69 Å². The predicted molar refractivity (Wildman–Crippen MR) is 146 cm³/mol. The minimum atomic E-state index is -1.19. The molecule has 0 aromatic carbocycles. The molecule has 4 atom stereocenters. The molecule has 2 heterocycles. The number of carbonyl (C=O) groups is 1. The fourth-order valence-electron chi connectivity index (χ4n) is 4.82. The number of ether oxygens (including phenoxy) is 2. The Morgan fingerprint density at radius 3 is 2.13 bits per heavy atom. The molecule has 1 saturated heterocycles. The first-order valence-corrected chi connectivity index (χ1v) is 14.6. The number of carbonyl (C=O) groups excluding carboxylic acids is 1. The molecule has 1 aromatic rings. The summed E-state index contributed by atoms with van der Waals surface area (Å²) in [5.74, 6) is -0.149. The lowest BCUT2D eigenvalue weighted by Crippen LogP contribution is -2.40. The largest absolute Gasteiger partial charge is 0.394 e. The van der Waals surface area contributed by atoms with Gasteiger partial charge in [0, 0.05) is 25.2 Å². The zero-order valence-electron chi connectivity index (χ0n) is 23.1. The molecule has 4 N–H and O–H groups in total. The van der Waals surface area contributed by atoms with E-state index in [1.54, 1.807) is 0 Å². The van der Waals surface area contributed by atoms with E-state index in [1.165, 1.54) is 83.2 Å². The molecule has 0 aliphatic carbocycles. The summed E-state index contributed by atoms with van der Waals surface area (Å²) in [6.07, 6.45) is 15.2. The molecule has 38 heavy (non-hydrogen) atoms. The van der Waals surface area contributed by atoms with E-state index < -0.39 is 42.4 Å². The van der Waals surface area contributed by atoms with E-state index in [9.17, 15) is 24.6 Å². The van der Waals surface area contributed by atoms with Crippen molar-refractivity contribution in [1.29, 1.82) is 0 Å². The lowest BCUT2D eigenvalue weighted by Gasteiger charge is -2.22. The summed E-state index contributed by atoms with van der Waals surface area (Å²) in [6.45, 7) is 2.43. The monoisotopic (exact) mass is 539 g/mol. The molecule has 0 saturated carbocycles. The number of hydrogen-bond acceptors (Lipinski definition) is 7. The number of amides is 1. The number of nitrogens with zero attached hydrogens (tertiary/aromatic N) is 1. The highest BCUT2D eigenvalue weighted by atomic mass is 16.6. The van der Waals surface area contributed by atoms with Crippen molar-refractivity contribution in [3.63, 3.8) is 0 Å². The van der Waals surface area contributed by atoms with Gasteiger partial charge in [-0.1, -0.05) is 90.4 Å². The van der Waals surface area contributed by atoms with Crippen LogP contribution in [0.3, 0.4) is 0 Å². The number of aromatic amines is 1. The van der Waals surface area contributed by atoms with Crippen molar-refractivity contribution in [2.24, 2.45) is 0 Å². The smallest absolute Gasteiger partial charge is 0.330 e. The maximum Gasteiger partial charge on any atom is 0.330 e.